The van der Waals surface area contributed by atoms with Gasteiger partial charge < -0.3 is 10.4 Å². The number of aryl methyl sites for hydroxylation is 1. The Morgan fingerprint density at radius 3 is 2.70 bits per heavy atom. The van der Waals surface area contributed by atoms with Crippen molar-refractivity contribution in [1.29, 1.82) is 0 Å². The van der Waals surface area contributed by atoms with Gasteiger partial charge in [-0.05, 0) is 36.8 Å². The highest BCUT2D eigenvalue weighted by Gasteiger charge is 2.18. The summed E-state index contributed by atoms with van der Waals surface area (Å²) in [5.74, 6) is -0.642. The minimum atomic E-state index is -0.468. The number of hydrogen-bond acceptors (Lipinski definition) is 4. The molecule has 3 aromatic rings. The summed E-state index contributed by atoms with van der Waals surface area (Å²) in [6.45, 7) is 1.47. The number of aromatic nitrogens is 2. The van der Waals surface area contributed by atoms with Crippen LogP contribution in [-0.4, -0.2) is 27.2 Å². The fourth-order valence-corrected chi connectivity index (χ4v) is 3.59. The van der Waals surface area contributed by atoms with Gasteiger partial charge in [0.15, 0.2) is 0 Å². The number of aliphatic hydroxyl groups is 1. The summed E-state index contributed by atoms with van der Waals surface area (Å²) >= 11 is 3.39. The maximum atomic E-state index is 13.8. The van der Waals surface area contributed by atoms with E-state index in [1.807, 2.05) is 24.3 Å². The van der Waals surface area contributed by atoms with Crippen molar-refractivity contribution in [2.24, 2.45) is 0 Å². The first-order chi connectivity index (χ1) is 14.4. The Morgan fingerprint density at radius 1 is 1.23 bits per heavy atom. The van der Waals surface area contributed by atoms with Crippen LogP contribution in [0, 0.1) is 12.7 Å². The van der Waals surface area contributed by atoms with Gasteiger partial charge in [-0.1, -0.05) is 40.2 Å². The van der Waals surface area contributed by atoms with Crippen molar-refractivity contribution in [2.75, 3.05) is 6.61 Å². The van der Waals surface area contributed by atoms with Gasteiger partial charge in [0.25, 0.3) is 5.56 Å². The lowest BCUT2D eigenvalue weighted by molar-refractivity contribution is -0.121. The van der Waals surface area contributed by atoms with Crippen LogP contribution in [-0.2, 0) is 24.3 Å². The van der Waals surface area contributed by atoms with Gasteiger partial charge in [-0.3, -0.25) is 14.2 Å². The van der Waals surface area contributed by atoms with Gasteiger partial charge in [0.1, 0.15) is 18.2 Å². The number of nitrogens with zero attached hydrogens (tertiary/aromatic N) is 2. The number of amides is 1. The van der Waals surface area contributed by atoms with Crippen LogP contribution in [0.5, 0.6) is 0 Å². The van der Waals surface area contributed by atoms with Gasteiger partial charge in [-0.25, -0.2) is 9.37 Å². The summed E-state index contributed by atoms with van der Waals surface area (Å²) in [6, 6.07) is 13.2. The summed E-state index contributed by atoms with van der Waals surface area (Å²) in [5.41, 5.74) is 1.65. The molecule has 2 aromatic carbocycles. The van der Waals surface area contributed by atoms with Crippen LogP contribution < -0.4 is 10.9 Å². The summed E-state index contributed by atoms with van der Waals surface area (Å²) in [5, 5.41) is 12.1. The lowest BCUT2D eigenvalue weighted by Crippen LogP contribution is -2.35. The lowest BCUT2D eigenvalue weighted by Gasteiger charge is -2.16. The molecule has 3 rings (SSSR count). The van der Waals surface area contributed by atoms with Crippen molar-refractivity contribution in [3.8, 4) is 11.4 Å². The molecule has 1 amide bonds. The largest absolute Gasteiger partial charge is 0.396 e. The van der Waals surface area contributed by atoms with Gasteiger partial charge in [0.2, 0.25) is 5.91 Å². The standard InChI is InChI=1S/C22H21BrFN3O3/c1-14-19(8-9-28)22(30)27(21(26-14)16-5-3-7-18(24)11-16)13-20(29)25-12-15-4-2-6-17(23)10-15/h2-7,10-11,28H,8-9,12-13H2,1H3,(H,25,29). The fraction of sp³-hybridized carbons (Fsp3) is 0.227. The monoisotopic (exact) mass is 473 g/mol. The lowest BCUT2D eigenvalue weighted by atomic mass is 10.1. The molecule has 30 heavy (non-hydrogen) atoms. The third-order valence-corrected chi connectivity index (χ3v) is 5.09. The third kappa shape index (κ3) is 5.20. The van der Waals surface area contributed by atoms with Crippen molar-refractivity contribution in [2.45, 2.75) is 26.4 Å². The van der Waals surface area contributed by atoms with Crippen LogP contribution in [0.15, 0.2) is 57.8 Å². The van der Waals surface area contributed by atoms with Crippen LogP contribution in [0.1, 0.15) is 16.8 Å². The van der Waals surface area contributed by atoms with Crippen molar-refractivity contribution in [1.82, 2.24) is 14.9 Å². The van der Waals surface area contributed by atoms with Crippen molar-refractivity contribution < 1.29 is 14.3 Å². The molecule has 1 heterocycles. The quantitative estimate of drug-likeness (QED) is 0.552. The maximum Gasteiger partial charge on any atom is 0.257 e. The number of aliphatic hydroxyl groups excluding tert-OH is 1. The normalized spacial score (nSPS) is 10.8. The first kappa shape index (κ1) is 21.9. The molecular formula is C22H21BrFN3O3. The second-order valence-corrected chi connectivity index (χ2v) is 7.70. The molecule has 0 atom stereocenters. The average Bonchev–Trinajstić information content (AvgIpc) is 2.71. The van der Waals surface area contributed by atoms with Crippen LogP contribution in [0.4, 0.5) is 4.39 Å². The van der Waals surface area contributed by atoms with E-state index in [2.05, 4.69) is 26.2 Å². The predicted octanol–water partition coefficient (Wildman–Crippen LogP) is 2.97. The Bertz CT molecular complexity index is 1130. The first-order valence-electron chi connectivity index (χ1n) is 9.37. The molecule has 0 saturated heterocycles. The highest BCUT2D eigenvalue weighted by atomic mass is 79.9. The zero-order valence-corrected chi connectivity index (χ0v) is 17.9. The molecule has 0 fully saturated rings. The van der Waals surface area contributed by atoms with Crippen LogP contribution >= 0.6 is 15.9 Å². The van der Waals surface area contributed by atoms with Crippen molar-refractivity contribution in [3.63, 3.8) is 0 Å². The molecule has 0 bridgehead atoms. The second kappa shape index (κ2) is 9.77. The molecule has 0 unspecified atom stereocenters. The van der Waals surface area contributed by atoms with Crippen molar-refractivity contribution in [3.05, 3.63) is 86.0 Å². The van der Waals surface area contributed by atoms with Crippen LogP contribution in [0.3, 0.4) is 0 Å². The molecule has 0 radical (unpaired) electrons. The van der Waals surface area contributed by atoms with E-state index in [9.17, 15) is 19.1 Å². The predicted molar refractivity (Wildman–Crippen MR) is 115 cm³/mol. The minimum Gasteiger partial charge on any atom is -0.396 e. The van der Waals surface area contributed by atoms with E-state index in [-0.39, 0.29) is 31.3 Å². The summed E-state index contributed by atoms with van der Waals surface area (Å²) in [4.78, 5) is 30.1. The zero-order valence-electron chi connectivity index (χ0n) is 16.4. The van der Waals surface area contributed by atoms with Crippen LogP contribution in [0.25, 0.3) is 11.4 Å². The number of carbonyl (C=O) groups excluding carboxylic acids is 1. The Kier molecular flexibility index (Phi) is 7.12. The topological polar surface area (TPSA) is 84.2 Å². The number of halogens is 2. The van der Waals surface area contributed by atoms with Gasteiger partial charge in [0.05, 0.1) is 0 Å². The third-order valence-electron chi connectivity index (χ3n) is 4.59. The molecular weight excluding hydrogens is 453 g/mol. The smallest absolute Gasteiger partial charge is 0.257 e. The van der Waals surface area contributed by atoms with Gasteiger partial charge in [0, 0.05) is 40.9 Å². The molecule has 1 aromatic heterocycles. The molecule has 8 heteroatoms. The Balaban J connectivity index is 1.93. The Morgan fingerprint density at radius 2 is 2.00 bits per heavy atom. The number of carbonyl (C=O) groups is 1. The molecule has 0 aliphatic heterocycles. The second-order valence-electron chi connectivity index (χ2n) is 6.78. The summed E-state index contributed by atoms with van der Waals surface area (Å²) in [7, 11) is 0. The summed E-state index contributed by atoms with van der Waals surface area (Å²) in [6.07, 6.45) is 0.126. The van der Waals surface area contributed by atoms with E-state index in [4.69, 9.17) is 0 Å². The molecule has 156 valence electrons. The van der Waals surface area contributed by atoms with E-state index in [0.717, 1.165) is 10.0 Å². The first-order valence-corrected chi connectivity index (χ1v) is 10.2. The highest BCUT2D eigenvalue weighted by molar-refractivity contribution is 9.10. The van der Waals surface area contributed by atoms with E-state index in [1.165, 1.54) is 22.8 Å². The van der Waals surface area contributed by atoms with Crippen LogP contribution in [0.2, 0.25) is 0 Å². The van der Waals surface area contributed by atoms with E-state index in [0.29, 0.717) is 23.4 Å². The SMILES string of the molecule is Cc1nc(-c2cccc(F)c2)n(CC(=O)NCc2cccc(Br)c2)c(=O)c1CCO. The summed E-state index contributed by atoms with van der Waals surface area (Å²) < 4.78 is 15.9. The van der Waals surface area contributed by atoms with Gasteiger partial charge >= 0.3 is 0 Å². The number of benzene rings is 2. The highest BCUT2D eigenvalue weighted by Crippen LogP contribution is 2.19. The van der Waals surface area contributed by atoms with E-state index < -0.39 is 11.4 Å². The minimum absolute atomic E-state index is 0.126. The molecule has 0 aliphatic rings. The Hall–Kier alpha value is -2.84. The Labute approximate surface area is 181 Å². The molecule has 0 spiro atoms. The fourth-order valence-electron chi connectivity index (χ4n) is 3.14. The molecule has 0 saturated carbocycles. The average molecular weight is 474 g/mol. The van der Waals surface area contributed by atoms with Gasteiger partial charge in [-0.15, -0.1) is 0 Å². The van der Waals surface area contributed by atoms with E-state index >= 15 is 0 Å². The molecule has 2 N–H and O–H groups in total. The maximum absolute atomic E-state index is 13.8. The van der Waals surface area contributed by atoms with Crippen molar-refractivity contribution >= 4 is 21.8 Å². The molecule has 6 nitrogen and oxygen atoms in total. The number of nitrogens with one attached hydrogen (secondary N) is 1. The van der Waals surface area contributed by atoms with E-state index in [1.54, 1.807) is 13.0 Å². The molecule has 0 aliphatic carbocycles. The zero-order chi connectivity index (χ0) is 21.7. The number of rotatable bonds is 7. The number of hydrogen-bond donors (Lipinski definition) is 2. The van der Waals surface area contributed by atoms with Gasteiger partial charge in [-0.2, -0.15) is 0 Å².